The van der Waals surface area contributed by atoms with Gasteiger partial charge in [-0.25, -0.2) is 0 Å². The lowest BCUT2D eigenvalue weighted by Gasteiger charge is -2.04. The Bertz CT molecular complexity index is 526. The molecule has 0 spiro atoms. The number of phenolic OH excluding ortho intramolecular Hbond substituents is 2. The van der Waals surface area contributed by atoms with Crippen LogP contribution in [-0.2, 0) is 6.42 Å². The van der Waals surface area contributed by atoms with Crippen LogP contribution in [0.2, 0.25) is 0 Å². The standard InChI is InChI=1S/C11H15N5O2/c1-12-10-14-11(16-15-10)13-5-4-7-2-3-8(17)9(18)6-7/h2-3,6,17-18H,4-5H2,1H3,(H3,12,13,14,15,16). The van der Waals surface area contributed by atoms with E-state index in [-0.39, 0.29) is 11.5 Å². The van der Waals surface area contributed by atoms with Crippen molar-refractivity contribution in [1.82, 2.24) is 15.2 Å². The van der Waals surface area contributed by atoms with Gasteiger partial charge in [0, 0.05) is 13.6 Å². The van der Waals surface area contributed by atoms with E-state index in [1.165, 1.54) is 12.1 Å². The number of phenols is 2. The molecule has 1 heterocycles. The van der Waals surface area contributed by atoms with Crippen LogP contribution in [0.4, 0.5) is 11.9 Å². The average Bonchev–Trinajstić information content (AvgIpc) is 2.82. The van der Waals surface area contributed by atoms with E-state index in [1.54, 1.807) is 13.1 Å². The van der Waals surface area contributed by atoms with Crippen LogP contribution < -0.4 is 10.6 Å². The van der Waals surface area contributed by atoms with E-state index in [2.05, 4.69) is 25.8 Å². The van der Waals surface area contributed by atoms with Crippen molar-refractivity contribution in [2.75, 3.05) is 24.2 Å². The van der Waals surface area contributed by atoms with Gasteiger partial charge in [-0.3, -0.25) is 4.98 Å². The molecule has 18 heavy (non-hydrogen) atoms. The molecule has 0 aliphatic carbocycles. The van der Waals surface area contributed by atoms with E-state index in [0.717, 1.165) is 5.56 Å². The van der Waals surface area contributed by atoms with Gasteiger partial charge in [-0.05, 0) is 24.1 Å². The molecule has 0 saturated heterocycles. The molecule has 0 radical (unpaired) electrons. The molecule has 0 fully saturated rings. The first-order chi connectivity index (χ1) is 8.69. The minimum atomic E-state index is -0.111. The maximum absolute atomic E-state index is 9.34. The van der Waals surface area contributed by atoms with Crippen LogP contribution >= 0.6 is 0 Å². The lowest BCUT2D eigenvalue weighted by molar-refractivity contribution is 0.403. The molecule has 7 nitrogen and oxygen atoms in total. The monoisotopic (exact) mass is 249 g/mol. The molecule has 7 heteroatoms. The van der Waals surface area contributed by atoms with Gasteiger partial charge in [-0.1, -0.05) is 6.07 Å². The van der Waals surface area contributed by atoms with Gasteiger partial charge >= 0.3 is 0 Å². The second-order valence-corrected chi connectivity index (χ2v) is 3.77. The second-order valence-electron chi connectivity index (χ2n) is 3.77. The van der Waals surface area contributed by atoms with Gasteiger partial charge in [-0.2, -0.15) is 0 Å². The highest BCUT2D eigenvalue weighted by atomic mass is 16.3. The number of nitrogens with zero attached hydrogens (tertiary/aromatic N) is 2. The van der Waals surface area contributed by atoms with Crippen molar-refractivity contribution in [3.8, 4) is 11.5 Å². The van der Waals surface area contributed by atoms with Gasteiger partial charge in [0.1, 0.15) is 0 Å². The summed E-state index contributed by atoms with van der Waals surface area (Å²) in [6, 6.07) is 4.77. The predicted molar refractivity (Wildman–Crippen MR) is 67.9 cm³/mol. The Morgan fingerprint density at radius 2 is 1.94 bits per heavy atom. The lowest BCUT2D eigenvalue weighted by atomic mass is 10.1. The summed E-state index contributed by atoms with van der Waals surface area (Å²) >= 11 is 0. The van der Waals surface area contributed by atoms with Gasteiger partial charge in [0.2, 0.25) is 11.9 Å². The van der Waals surface area contributed by atoms with E-state index < -0.39 is 0 Å². The molecule has 0 unspecified atom stereocenters. The molecule has 5 N–H and O–H groups in total. The number of hydrogen-bond donors (Lipinski definition) is 5. The van der Waals surface area contributed by atoms with Crippen LogP contribution in [0.1, 0.15) is 5.56 Å². The Balaban J connectivity index is 1.86. The van der Waals surface area contributed by atoms with E-state index in [4.69, 9.17) is 0 Å². The minimum Gasteiger partial charge on any atom is -0.504 e. The Morgan fingerprint density at radius 1 is 1.17 bits per heavy atom. The third-order valence-corrected chi connectivity index (χ3v) is 2.47. The van der Waals surface area contributed by atoms with Crippen molar-refractivity contribution >= 4 is 11.9 Å². The smallest absolute Gasteiger partial charge is 0.223 e. The van der Waals surface area contributed by atoms with E-state index in [9.17, 15) is 10.2 Å². The maximum Gasteiger partial charge on any atom is 0.223 e. The van der Waals surface area contributed by atoms with Crippen LogP contribution in [0.3, 0.4) is 0 Å². The molecule has 0 saturated carbocycles. The van der Waals surface area contributed by atoms with Crippen molar-refractivity contribution in [3.63, 3.8) is 0 Å². The number of rotatable bonds is 5. The molecule has 0 aliphatic heterocycles. The number of hydrogen-bond acceptors (Lipinski definition) is 6. The maximum atomic E-state index is 9.34. The zero-order chi connectivity index (χ0) is 13.0. The molecule has 0 amide bonds. The fourth-order valence-corrected chi connectivity index (χ4v) is 1.50. The first-order valence-corrected chi connectivity index (χ1v) is 5.54. The fourth-order valence-electron chi connectivity index (χ4n) is 1.50. The summed E-state index contributed by atoms with van der Waals surface area (Å²) in [7, 11) is 1.75. The zero-order valence-electron chi connectivity index (χ0n) is 9.94. The molecule has 96 valence electrons. The van der Waals surface area contributed by atoms with Crippen LogP contribution in [0.25, 0.3) is 0 Å². The Kier molecular flexibility index (Phi) is 3.52. The van der Waals surface area contributed by atoms with Gasteiger partial charge < -0.3 is 20.8 Å². The second kappa shape index (κ2) is 5.26. The molecular weight excluding hydrogens is 234 g/mol. The molecule has 2 rings (SSSR count). The van der Waals surface area contributed by atoms with Crippen molar-refractivity contribution in [2.45, 2.75) is 6.42 Å². The van der Waals surface area contributed by atoms with E-state index >= 15 is 0 Å². The minimum absolute atomic E-state index is 0.107. The summed E-state index contributed by atoms with van der Waals surface area (Å²) in [6.07, 6.45) is 0.698. The fraction of sp³-hybridized carbons (Fsp3) is 0.273. The number of anilines is 2. The average molecular weight is 249 g/mol. The van der Waals surface area contributed by atoms with Crippen LogP contribution in [0, 0.1) is 0 Å². The molecule has 1 aromatic carbocycles. The van der Waals surface area contributed by atoms with E-state index in [1.807, 2.05) is 0 Å². The number of H-pyrrole nitrogens is 1. The van der Waals surface area contributed by atoms with Crippen LogP contribution in [-0.4, -0.2) is 39.0 Å². The SMILES string of the molecule is CNc1nnc(NCCc2ccc(O)c(O)c2)[nH]1. The zero-order valence-corrected chi connectivity index (χ0v) is 9.94. The van der Waals surface area contributed by atoms with Gasteiger partial charge in [0.15, 0.2) is 11.5 Å². The first-order valence-electron chi connectivity index (χ1n) is 5.54. The van der Waals surface area contributed by atoms with Gasteiger partial charge in [-0.15, -0.1) is 10.2 Å². The summed E-state index contributed by atoms with van der Waals surface area (Å²) in [5, 5.41) is 32.1. The normalized spacial score (nSPS) is 10.3. The summed E-state index contributed by atoms with van der Waals surface area (Å²) < 4.78 is 0. The summed E-state index contributed by atoms with van der Waals surface area (Å²) in [4.78, 5) is 2.94. The summed E-state index contributed by atoms with van der Waals surface area (Å²) in [6.45, 7) is 0.641. The van der Waals surface area contributed by atoms with E-state index in [0.29, 0.717) is 24.9 Å². The topological polar surface area (TPSA) is 106 Å². The first kappa shape index (κ1) is 12.0. The molecule has 0 bridgehead atoms. The molecule has 2 aromatic rings. The van der Waals surface area contributed by atoms with Crippen molar-refractivity contribution in [1.29, 1.82) is 0 Å². The van der Waals surface area contributed by atoms with Crippen LogP contribution in [0.15, 0.2) is 18.2 Å². The van der Waals surface area contributed by atoms with Gasteiger partial charge in [0.05, 0.1) is 0 Å². The Morgan fingerprint density at radius 3 is 2.61 bits per heavy atom. The van der Waals surface area contributed by atoms with Crippen molar-refractivity contribution < 1.29 is 10.2 Å². The highest BCUT2D eigenvalue weighted by molar-refractivity contribution is 5.41. The third kappa shape index (κ3) is 2.82. The predicted octanol–water partition coefficient (Wildman–Crippen LogP) is 0.912. The molecular formula is C11H15N5O2. The number of aromatic amines is 1. The highest BCUT2D eigenvalue weighted by Gasteiger charge is 2.02. The lowest BCUT2D eigenvalue weighted by Crippen LogP contribution is -2.06. The largest absolute Gasteiger partial charge is 0.504 e. The Labute approximate surface area is 104 Å². The molecule has 0 atom stereocenters. The highest BCUT2D eigenvalue weighted by Crippen LogP contribution is 2.24. The molecule has 0 aliphatic rings. The number of benzene rings is 1. The quantitative estimate of drug-likeness (QED) is 0.504. The number of nitrogens with one attached hydrogen (secondary N) is 3. The summed E-state index contributed by atoms with van der Waals surface area (Å²) in [5.74, 6) is 0.965. The van der Waals surface area contributed by atoms with Crippen molar-refractivity contribution in [3.05, 3.63) is 23.8 Å². The Hall–Kier alpha value is -2.44. The van der Waals surface area contributed by atoms with Crippen LogP contribution in [0.5, 0.6) is 11.5 Å². The summed E-state index contributed by atoms with van der Waals surface area (Å²) in [5.41, 5.74) is 0.922. The molecule has 1 aromatic heterocycles. The van der Waals surface area contributed by atoms with Gasteiger partial charge in [0.25, 0.3) is 0 Å². The van der Waals surface area contributed by atoms with Crippen molar-refractivity contribution in [2.24, 2.45) is 0 Å². The number of aromatic nitrogens is 3. The number of aromatic hydroxyl groups is 2. The third-order valence-electron chi connectivity index (χ3n) is 2.47.